The van der Waals surface area contributed by atoms with Gasteiger partial charge in [0, 0.05) is 3.57 Å². The number of ether oxygens (including phenoxy) is 4. The Balaban J connectivity index is 2.28. The van der Waals surface area contributed by atoms with E-state index < -0.39 is 0 Å². The number of methoxy groups -OCH3 is 4. The third-order valence-corrected chi connectivity index (χ3v) is 4.95. The van der Waals surface area contributed by atoms with Crippen LogP contribution < -0.4 is 18.9 Å². The minimum absolute atomic E-state index is 0.759. The van der Waals surface area contributed by atoms with Crippen LogP contribution in [0.5, 0.6) is 23.0 Å². The predicted octanol–water partition coefficient (Wildman–Crippen LogP) is 5.66. The number of rotatable bonds is 6. The van der Waals surface area contributed by atoms with Gasteiger partial charge in [-0.15, -0.1) is 0 Å². The zero-order valence-corrected chi connectivity index (χ0v) is 17.9. The van der Waals surface area contributed by atoms with Gasteiger partial charge >= 0.3 is 0 Å². The van der Waals surface area contributed by atoms with Crippen molar-refractivity contribution in [3.63, 3.8) is 0 Å². The summed E-state index contributed by atoms with van der Waals surface area (Å²) in [4.78, 5) is 0. The van der Waals surface area contributed by atoms with Gasteiger partial charge < -0.3 is 18.9 Å². The van der Waals surface area contributed by atoms with Gasteiger partial charge in [0.15, 0.2) is 0 Å². The van der Waals surface area contributed by atoms with Crippen molar-refractivity contribution in [2.45, 2.75) is 0 Å². The molecule has 0 heterocycles. The summed E-state index contributed by atoms with van der Waals surface area (Å²) in [6.45, 7) is 0. The lowest BCUT2D eigenvalue weighted by atomic mass is 9.96. The second-order valence-corrected chi connectivity index (χ2v) is 7.05. The number of hydrogen-bond acceptors (Lipinski definition) is 4. The molecular weight excluding hydrogens is 455 g/mol. The van der Waals surface area contributed by atoms with Crippen LogP contribution in [0, 0.1) is 3.57 Å². The third kappa shape index (κ3) is 3.83. The maximum absolute atomic E-state index is 5.59. The molecule has 0 N–H and O–H groups in total. The Bertz CT molecular complexity index is 835. The summed E-state index contributed by atoms with van der Waals surface area (Å²) in [6, 6.07) is 17.9. The highest BCUT2D eigenvalue weighted by atomic mass is 127. The van der Waals surface area contributed by atoms with Crippen LogP contribution in [0.2, 0.25) is 0 Å². The first-order chi connectivity index (χ1) is 13.1. The Morgan fingerprint density at radius 2 is 0.889 bits per heavy atom. The van der Waals surface area contributed by atoms with Gasteiger partial charge in [-0.25, -0.2) is 0 Å². The molecule has 0 saturated heterocycles. The topological polar surface area (TPSA) is 36.9 Å². The molecule has 27 heavy (non-hydrogen) atoms. The van der Waals surface area contributed by atoms with E-state index in [0.29, 0.717) is 0 Å². The van der Waals surface area contributed by atoms with Gasteiger partial charge in [-0.1, -0.05) is 12.1 Å². The summed E-state index contributed by atoms with van der Waals surface area (Å²) in [5.74, 6) is 3.03. The van der Waals surface area contributed by atoms with Crippen LogP contribution >= 0.6 is 22.6 Å². The maximum atomic E-state index is 5.59. The molecule has 5 heteroatoms. The van der Waals surface area contributed by atoms with E-state index in [0.717, 1.165) is 48.8 Å². The third-order valence-electron chi connectivity index (χ3n) is 4.33. The summed E-state index contributed by atoms with van der Waals surface area (Å²) in [5, 5.41) is 0. The number of halogens is 1. The highest BCUT2D eigenvalue weighted by Gasteiger charge is 2.17. The summed E-state index contributed by atoms with van der Waals surface area (Å²) in [5.41, 5.74) is 3.82. The van der Waals surface area contributed by atoms with Crippen molar-refractivity contribution >= 4 is 22.6 Å². The molecule has 3 aromatic carbocycles. The lowest BCUT2D eigenvalue weighted by molar-refractivity contribution is 0.397. The number of hydrogen-bond donors (Lipinski definition) is 0. The van der Waals surface area contributed by atoms with Crippen LogP contribution in [0.3, 0.4) is 0 Å². The Kier molecular flexibility index (Phi) is 6.11. The van der Waals surface area contributed by atoms with Gasteiger partial charge in [0.25, 0.3) is 0 Å². The first-order valence-corrected chi connectivity index (χ1v) is 9.44. The minimum Gasteiger partial charge on any atom is -0.496 e. The molecule has 0 fully saturated rings. The molecule has 0 saturated carbocycles. The van der Waals surface area contributed by atoms with E-state index in [1.165, 1.54) is 0 Å². The van der Waals surface area contributed by atoms with Gasteiger partial charge in [0.2, 0.25) is 0 Å². The predicted molar refractivity (Wildman–Crippen MR) is 116 cm³/mol. The van der Waals surface area contributed by atoms with Crippen LogP contribution in [0.25, 0.3) is 22.3 Å². The first kappa shape index (κ1) is 19.4. The fourth-order valence-electron chi connectivity index (χ4n) is 3.15. The first-order valence-electron chi connectivity index (χ1n) is 8.36. The average molecular weight is 476 g/mol. The Labute approximate surface area is 173 Å². The van der Waals surface area contributed by atoms with Crippen LogP contribution in [-0.2, 0) is 0 Å². The molecule has 4 nitrogen and oxygen atoms in total. The largest absolute Gasteiger partial charge is 0.496 e. The molecule has 0 aromatic heterocycles. The molecule has 3 aromatic rings. The van der Waals surface area contributed by atoms with Gasteiger partial charge in [-0.05, 0) is 76.2 Å². The summed E-state index contributed by atoms with van der Waals surface area (Å²) < 4.78 is 23.4. The van der Waals surface area contributed by atoms with Crippen molar-refractivity contribution < 1.29 is 18.9 Å². The molecular formula is C22H21IO4. The van der Waals surface area contributed by atoms with Crippen molar-refractivity contribution in [3.8, 4) is 45.3 Å². The maximum Gasteiger partial charge on any atom is 0.130 e. The molecule has 140 valence electrons. The molecule has 3 rings (SSSR count). The normalized spacial score (nSPS) is 10.4. The lowest BCUT2D eigenvalue weighted by Gasteiger charge is -2.17. The van der Waals surface area contributed by atoms with Gasteiger partial charge in [-0.2, -0.15) is 0 Å². The van der Waals surface area contributed by atoms with E-state index in [9.17, 15) is 0 Å². The Morgan fingerprint density at radius 1 is 0.556 bits per heavy atom. The Morgan fingerprint density at radius 3 is 1.19 bits per heavy atom. The van der Waals surface area contributed by atoms with E-state index >= 15 is 0 Å². The molecule has 0 aliphatic rings. The van der Waals surface area contributed by atoms with Crippen LogP contribution in [0.4, 0.5) is 0 Å². The molecule has 0 unspecified atom stereocenters. The van der Waals surface area contributed by atoms with Crippen LogP contribution in [0.15, 0.2) is 54.6 Å². The molecule has 0 aliphatic heterocycles. The zero-order chi connectivity index (χ0) is 19.4. The van der Waals surface area contributed by atoms with Gasteiger partial charge in [0.1, 0.15) is 23.0 Å². The Hall–Kier alpha value is -2.41. The lowest BCUT2D eigenvalue weighted by Crippen LogP contribution is -1.96. The van der Waals surface area contributed by atoms with E-state index in [-0.39, 0.29) is 0 Å². The van der Waals surface area contributed by atoms with Crippen LogP contribution in [0.1, 0.15) is 0 Å². The quantitative estimate of drug-likeness (QED) is 0.431. The molecule has 0 amide bonds. The van der Waals surface area contributed by atoms with Crippen LogP contribution in [-0.4, -0.2) is 28.4 Å². The summed E-state index contributed by atoms with van der Waals surface area (Å²) in [7, 11) is 6.65. The molecule has 0 bridgehead atoms. The van der Waals surface area contributed by atoms with E-state index in [1.54, 1.807) is 28.4 Å². The minimum atomic E-state index is 0.759. The fourth-order valence-corrected chi connectivity index (χ4v) is 3.82. The SMILES string of the molecule is COc1cccc(OC)c1-c1cc(I)cc(-c2c(OC)cccc2OC)c1. The second kappa shape index (κ2) is 8.52. The molecule has 0 spiro atoms. The molecule has 0 atom stereocenters. The highest BCUT2D eigenvalue weighted by molar-refractivity contribution is 14.1. The van der Waals surface area contributed by atoms with Crippen molar-refractivity contribution in [2.75, 3.05) is 28.4 Å². The van der Waals surface area contributed by atoms with Crippen molar-refractivity contribution in [1.82, 2.24) is 0 Å². The summed E-state index contributed by atoms with van der Waals surface area (Å²) in [6.07, 6.45) is 0. The zero-order valence-electron chi connectivity index (χ0n) is 15.7. The van der Waals surface area contributed by atoms with E-state index in [1.807, 2.05) is 36.4 Å². The fraction of sp³-hybridized carbons (Fsp3) is 0.182. The van der Waals surface area contributed by atoms with E-state index in [4.69, 9.17) is 18.9 Å². The molecule has 0 radical (unpaired) electrons. The second-order valence-electron chi connectivity index (χ2n) is 5.80. The molecule has 0 aliphatic carbocycles. The average Bonchev–Trinajstić information content (AvgIpc) is 2.71. The smallest absolute Gasteiger partial charge is 0.130 e. The van der Waals surface area contributed by atoms with Crippen molar-refractivity contribution in [2.24, 2.45) is 0 Å². The van der Waals surface area contributed by atoms with Crippen molar-refractivity contribution in [1.29, 1.82) is 0 Å². The van der Waals surface area contributed by atoms with Gasteiger partial charge in [0.05, 0.1) is 39.6 Å². The van der Waals surface area contributed by atoms with E-state index in [2.05, 4.69) is 40.8 Å². The monoisotopic (exact) mass is 476 g/mol. The number of benzene rings is 3. The van der Waals surface area contributed by atoms with Crippen molar-refractivity contribution in [3.05, 3.63) is 58.2 Å². The van der Waals surface area contributed by atoms with Gasteiger partial charge in [-0.3, -0.25) is 0 Å². The highest BCUT2D eigenvalue weighted by Crippen LogP contribution is 2.43. The standard InChI is InChI=1S/C22H21IO4/c1-24-17-7-5-8-18(25-2)21(17)14-11-15(13-16(23)12-14)22-19(26-3)9-6-10-20(22)27-4/h5-13H,1-4H3. The summed E-state index contributed by atoms with van der Waals surface area (Å²) >= 11 is 2.32.